The van der Waals surface area contributed by atoms with Gasteiger partial charge in [-0.15, -0.1) is 0 Å². The van der Waals surface area contributed by atoms with Crippen molar-refractivity contribution in [1.29, 1.82) is 0 Å². The van der Waals surface area contributed by atoms with E-state index in [1.807, 2.05) is 6.92 Å². The number of aromatic nitrogens is 1. The van der Waals surface area contributed by atoms with Gasteiger partial charge in [0.15, 0.2) is 5.58 Å². The van der Waals surface area contributed by atoms with Crippen LogP contribution in [0.15, 0.2) is 28.7 Å². The molecular formula is C22H26N2O. The Labute approximate surface area is 149 Å². The van der Waals surface area contributed by atoms with Gasteiger partial charge in [0.05, 0.1) is 5.69 Å². The molecule has 0 radical (unpaired) electrons. The van der Waals surface area contributed by atoms with Crippen LogP contribution in [0.2, 0.25) is 0 Å². The lowest BCUT2D eigenvalue weighted by atomic mass is 9.64. The third-order valence-corrected chi connectivity index (χ3v) is 7.00. The van der Waals surface area contributed by atoms with Crippen molar-refractivity contribution < 1.29 is 4.42 Å². The van der Waals surface area contributed by atoms with E-state index in [2.05, 4.69) is 54.9 Å². The smallest absolute Gasteiger partial charge is 0.227 e. The number of piperidine rings is 2. The van der Waals surface area contributed by atoms with Crippen LogP contribution < -0.4 is 4.90 Å². The molecule has 2 aromatic heterocycles. The van der Waals surface area contributed by atoms with Crippen LogP contribution in [0, 0.1) is 19.3 Å². The lowest BCUT2D eigenvalue weighted by Crippen LogP contribution is -2.59. The van der Waals surface area contributed by atoms with Gasteiger partial charge in [-0.2, -0.15) is 0 Å². The van der Waals surface area contributed by atoms with Crippen LogP contribution in [0.5, 0.6) is 0 Å². The van der Waals surface area contributed by atoms with E-state index in [1.165, 1.54) is 42.3 Å². The highest BCUT2D eigenvalue weighted by atomic mass is 16.3. The number of hydrogen-bond donors (Lipinski definition) is 0. The van der Waals surface area contributed by atoms with Gasteiger partial charge >= 0.3 is 0 Å². The Morgan fingerprint density at radius 3 is 2.56 bits per heavy atom. The van der Waals surface area contributed by atoms with Gasteiger partial charge in [-0.25, -0.2) is 4.98 Å². The molecule has 1 unspecified atom stereocenters. The second-order valence-electron chi connectivity index (χ2n) is 8.48. The highest BCUT2D eigenvalue weighted by Crippen LogP contribution is 2.52. The van der Waals surface area contributed by atoms with Gasteiger partial charge in [0.1, 0.15) is 0 Å². The summed E-state index contributed by atoms with van der Waals surface area (Å²) in [6, 6.07) is 9.87. The number of nitrogens with zero attached hydrogens (tertiary/aromatic N) is 2. The molecule has 1 atom stereocenters. The molecule has 2 bridgehead atoms. The summed E-state index contributed by atoms with van der Waals surface area (Å²) in [5.74, 6) is 0. The minimum atomic E-state index is 0.421. The molecule has 25 heavy (non-hydrogen) atoms. The fourth-order valence-corrected chi connectivity index (χ4v) is 5.20. The van der Waals surface area contributed by atoms with Crippen molar-refractivity contribution in [3.63, 3.8) is 0 Å². The van der Waals surface area contributed by atoms with Gasteiger partial charge in [0.2, 0.25) is 5.71 Å². The number of benzene rings is 1. The van der Waals surface area contributed by atoms with Crippen LogP contribution in [0.3, 0.4) is 0 Å². The number of furan rings is 1. The van der Waals surface area contributed by atoms with Gasteiger partial charge in [-0.1, -0.05) is 19.1 Å². The predicted octanol–water partition coefficient (Wildman–Crippen LogP) is 5.76. The largest absolute Gasteiger partial charge is 0.436 e. The zero-order chi connectivity index (χ0) is 17.3. The number of pyridine rings is 1. The molecule has 0 spiro atoms. The molecule has 3 aliphatic rings. The van der Waals surface area contributed by atoms with E-state index in [1.54, 1.807) is 0 Å². The Bertz CT molecular complexity index is 979. The fraction of sp³-hybridized carbons (Fsp3) is 0.500. The normalized spacial score (nSPS) is 29.0. The number of aryl methyl sites for hydroxylation is 2. The van der Waals surface area contributed by atoms with Crippen molar-refractivity contribution in [2.45, 2.75) is 65.5 Å². The number of fused-ring (bicyclic) bond motifs is 6. The average molecular weight is 334 g/mol. The van der Waals surface area contributed by atoms with Crippen molar-refractivity contribution in [3.8, 4) is 0 Å². The van der Waals surface area contributed by atoms with E-state index in [-0.39, 0.29) is 0 Å². The zero-order valence-corrected chi connectivity index (χ0v) is 15.6. The van der Waals surface area contributed by atoms with Gasteiger partial charge < -0.3 is 9.32 Å². The Balaban J connectivity index is 1.78. The van der Waals surface area contributed by atoms with Gasteiger partial charge in [-0.3, -0.25) is 0 Å². The molecule has 0 N–H and O–H groups in total. The van der Waals surface area contributed by atoms with Gasteiger partial charge in [0.25, 0.3) is 0 Å². The number of rotatable bonds is 1. The van der Waals surface area contributed by atoms with Crippen LogP contribution in [-0.2, 0) is 0 Å². The summed E-state index contributed by atoms with van der Waals surface area (Å²) in [5, 5.41) is 2.32. The summed E-state index contributed by atoms with van der Waals surface area (Å²) in [4.78, 5) is 7.30. The van der Waals surface area contributed by atoms with Crippen LogP contribution in [-0.4, -0.2) is 17.1 Å². The van der Waals surface area contributed by atoms with Crippen molar-refractivity contribution in [3.05, 3.63) is 35.5 Å². The third-order valence-electron chi connectivity index (χ3n) is 7.00. The van der Waals surface area contributed by atoms with Crippen molar-refractivity contribution in [1.82, 2.24) is 4.98 Å². The summed E-state index contributed by atoms with van der Waals surface area (Å²) in [6.45, 7) is 9.12. The van der Waals surface area contributed by atoms with Crippen molar-refractivity contribution >= 4 is 27.8 Å². The Morgan fingerprint density at radius 2 is 1.80 bits per heavy atom. The Hall–Kier alpha value is -2.03. The number of hydrogen-bond acceptors (Lipinski definition) is 3. The fourth-order valence-electron chi connectivity index (χ4n) is 5.20. The molecule has 6 rings (SSSR count). The lowest BCUT2D eigenvalue weighted by molar-refractivity contribution is 0.0967. The van der Waals surface area contributed by atoms with E-state index in [9.17, 15) is 0 Å². The molecule has 3 nitrogen and oxygen atoms in total. The second kappa shape index (κ2) is 5.00. The second-order valence-corrected chi connectivity index (χ2v) is 8.48. The maximum Gasteiger partial charge on any atom is 0.227 e. The molecule has 2 aliphatic heterocycles. The summed E-state index contributed by atoms with van der Waals surface area (Å²) in [5.41, 5.74) is 5.83. The van der Waals surface area contributed by atoms with Crippen molar-refractivity contribution in [2.75, 3.05) is 4.90 Å². The monoisotopic (exact) mass is 334 g/mol. The molecule has 3 fully saturated rings. The SMILES string of the molecule is Cc1ccc2c(n1)oc1c(N3C4CCC(C)(CC4)C3C)c(C)ccc12. The summed E-state index contributed by atoms with van der Waals surface area (Å²) < 4.78 is 6.33. The van der Waals surface area contributed by atoms with Crippen LogP contribution >= 0.6 is 0 Å². The first-order chi connectivity index (χ1) is 12.0. The highest BCUT2D eigenvalue weighted by Gasteiger charge is 2.48. The molecule has 130 valence electrons. The van der Waals surface area contributed by atoms with E-state index in [0.29, 0.717) is 17.5 Å². The van der Waals surface area contributed by atoms with Crippen LogP contribution in [0.4, 0.5) is 5.69 Å². The minimum absolute atomic E-state index is 0.421. The minimum Gasteiger partial charge on any atom is -0.436 e. The molecule has 3 heteroatoms. The van der Waals surface area contributed by atoms with Gasteiger partial charge in [0, 0.05) is 28.6 Å². The average Bonchev–Trinajstić information content (AvgIpc) is 2.94. The molecular weight excluding hydrogens is 308 g/mol. The Morgan fingerprint density at radius 1 is 1.08 bits per heavy atom. The summed E-state index contributed by atoms with van der Waals surface area (Å²) >= 11 is 0. The maximum atomic E-state index is 6.33. The van der Waals surface area contributed by atoms with E-state index in [0.717, 1.165) is 22.4 Å². The molecule has 4 heterocycles. The molecule has 1 aliphatic carbocycles. The Kier molecular flexibility index (Phi) is 3.05. The first-order valence-corrected chi connectivity index (χ1v) is 9.56. The van der Waals surface area contributed by atoms with E-state index < -0.39 is 0 Å². The third kappa shape index (κ3) is 2.01. The molecule has 1 aromatic carbocycles. The highest BCUT2D eigenvalue weighted by molar-refractivity contribution is 6.08. The van der Waals surface area contributed by atoms with E-state index >= 15 is 0 Å². The number of anilines is 1. The first-order valence-electron chi connectivity index (χ1n) is 9.56. The lowest BCUT2D eigenvalue weighted by Gasteiger charge is -2.57. The molecule has 0 amide bonds. The maximum absolute atomic E-state index is 6.33. The van der Waals surface area contributed by atoms with E-state index in [4.69, 9.17) is 4.42 Å². The summed E-state index contributed by atoms with van der Waals surface area (Å²) in [7, 11) is 0. The standard InChI is InChI=1S/C22H26N2O/c1-13-5-7-17-18-8-6-14(2)23-21(18)25-20(17)19(13)24-15(3)22(4)11-9-16(24)10-12-22/h5-8,15-16H,9-12H2,1-4H3. The van der Waals surface area contributed by atoms with Gasteiger partial charge in [-0.05, 0) is 69.6 Å². The topological polar surface area (TPSA) is 29.3 Å². The summed E-state index contributed by atoms with van der Waals surface area (Å²) in [6.07, 6.45) is 5.30. The van der Waals surface area contributed by atoms with Crippen LogP contribution in [0.25, 0.3) is 22.1 Å². The van der Waals surface area contributed by atoms with Crippen LogP contribution in [0.1, 0.15) is 50.8 Å². The molecule has 1 saturated carbocycles. The quantitative estimate of drug-likeness (QED) is 0.567. The molecule has 3 aromatic rings. The predicted molar refractivity (Wildman–Crippen MR) is 103 cm³/mol. The molecule has 2 saturated heterocycles. The van der Waals surface area contributed by atoms with Crippen molar-refractivity contribution in [2.24, 2.45) is 5.41 Å². The first kappa shape index (κ1) is 15.2. The zero-order valence-electron chi connectivity index (χ0n) is 15.6.